The Morgan fingerprint density at radius 1 is 0.935 bits per heavy atom. The number of halogens is 4. The Morgan fingerprint density at radius 2 is 1.68 bits per heavy atom. The van der Waals surface area contributed by atoms with Gasteiger partial charge in [-0.1, -0.05) is 12.1 Å². The molecular formula is C22H15F4N3O2. The third-order valence-corrected chi connectivity index (χ3v) is 4.66. The van der Waals surface area contributed by atoms with E-state index in [1.807, 2.05) is 0 Å². The number of rotatable bonds is 3. The lowest BCUT2D eigenvalue weighted by atomic mass is 10.0. The van der Waals surface area contributed by atoms with E-state index in [2.05, 4.69) is 15.6 Å². The predicted molar refractivity (Wildman–Crippen MR) is 109 cm³/mol. The highest BCUT2D eigenvalue weighted by molar-refractivity contribution is 6.00. The predicted octanol–water partition coefficient (Wildman–Crippen LogP) is 6.34. The number of H-pyrrole nitrogens is 1. The number of phenols is 1. The Bertz CT molecular complexity index is 1260. The van der Waals surface area contributed by atoms with Crippen LogP contribution in [0, 0.1) is 5.82 Å². The summed E-state index contributed by atoms with van der Waals surface area (Å²) in [5, 5.41) is 15.0. The first-order valence-electron chi connectivity index (χ1n) is 9.06. The molecule has 5 nitrogen and oxygen atoms in total. The molecule has 4 aromatic rings. The van der Waals surface area contributed by atoms with E-state index in [4.69, 9.17) is 0 Å². The van der Waals surface area contributed by atoms with E-state index in [0.717, 1.165) is 22.0 Å². The fraction of sp³-hybridized carbons (Fsp3) is 0.0455. The monoisotopic (exact) mass is 429 g/mol. The number of aromatic hydroxyl groups is 1. The van der Waals surface area contributed by atoms with Gasteiger partial charge in [0.1, 0.15) is 11.6 Å². The number of benzene rings is 3. The number of amides is 2. The van der Waals surface area contributed by atoms with E-state index in [1.54, 1.807) is 48.7 Å². The van der Waals surface area contributed by atoms with Crippen molar-refractivity contribution >= 4 is 28.3 Å². The molecule has 1 aromatic heterocycles. The minimum atomic E-state index is -4.66. The molecule has 4 N–H and O–H groups in total. The van der Waals surface area contributed by atoms with Crippen LogP contribution in [-0.4, -0.2) is 16.1 Å². The third-order valence-electron chi connectivity index (χ3n) is 4.66. The van der Waals surface area contributed by atoms with Crippen LogP contribution < -0.4 is 10.6 Å². The molecule has 0 saturated heterocycles. The second-order valence-electron chi connectivity index (χ2n) is 6.78. The third kappa shape index (κ3) is 4.30. The van der Waals surface area contributed by atoms with Crippen molar-refractivity contribution in [2.24, 2.45) is 0 Å². The van der Waals surface area contributed by atoms with Crippen LogP contribution in [0.3, 0.4) is 0 Å². The highest BCUT2D eigenvalue weighted by Crippen LogP contribution is 2.33. The van der Waals surface area contributed by atoms with Crippen LogP contribution in [0.4, 0.5) is 33.7 Å². The van der Waals surface area contributed by atoms with E-state index in [9.17, 15) is 27.5 Å². The van der Waals surface area contributed by atoms with Gasteiger partial charge in [0.25, 0.3) is 0 Å². The van der Waals surface area contributed by atoms with Crippen molar-refractivity contribution in [3.63, 3.8) is 0 Å². The van der Waals surface area contributed by atoms with Gasteiger partial charge in [-0.25, -0.2) is 9.18 Å². The topological polar surface area (TPSA) is 77.2 Å². The van der Waals surface area contributed by atoms with Crippen LogP contribution in [0.2, 0.25) is 0 Å². The highest BCUT2D eigenvalue weighted by Gasteiger charge is 2.31. The normalized spacial score (nSPS) is 11.5. The lowest BCUT2D eigenvalue weighted by molar-refractivity contribution is -0.137. The zero-order chi connectivity index (χ0) is 22.2. The smallest absolute Gasteiger partial charge is 0.416 e. The van der Waals surface area contributed by atoms with Gasteiger partial charge in [0.2, 0.25) is 0 Å². The summed E-state index contributed by atoms with van der Waals surface area (Å²) in [5.41, 5.74) is 1.21. The minimum Gasteiger partial charge on any atom is -0.508 e. The zero-order valence-corrected chi connectivity index (χ0v) is 15.7. The number of carbonyl (C=O) groups excluding carboxylic acids is 1. The van der Waals surface area contributed by atoms with E-state index < -0.39 is 29.3 Å². The molecule has 0 unspecified atom stereocenters. The molecule has 9 heteroatoms. The summed E-state index contributed by atoms with van der Waals surface area (Å²) in [6, 6.07) is 12.6. The van der Waals surface area contributed by atoms with Gasteiger partial charge in [0.05, 0.1) is 11.3 Å². The molecule has 0 radical (unpaired) electrons. The van der Waals surface area contributed by atoms with Crippen LogP contribution in [0.25, 0.3) is 22.0 Å². The van der Waals surface area contributed by atoms with Crippen molar-refractivity contribution in [3.05, 3.63) is 78.2 Å². The van der Waals surface area contributed by atoms with Crippen LogP contribution >= 0.6 is 0 Å². The van der Waals surface area contributed by atoms with Gasteiger partial charge in [-0.15, -0.1) is 0 Å². The molecule has 0 fully saturated rings. The second-order valence-corrected chi connectivity index (χ2v) is 6.78. The number of aromatic amines is 1. The van der Waals surface area contributed by atoms with Crippen LogP contribution in [-0.2, 0) is 6.18 Å². The summed E-state index contributed by atoms with van der Waals surface area (Å²) in [6.45, 7) is 0. The quantitative estimate of drug-likeness (QED) is 0.287. The number of urea groups is 1. The number of carbonyl (C=O) groups is 1. The van der Waals surface area contributed by atoms with E-state index in [0.29, 0.717) is 23.9 Å². The molecule has 31 heavy (non-hydrogen) atoms. The maximum Gasteiger partial charge on any atom is 0.416 e. The summed E-state index contributed by atoms with van der Waals surface area (Å²) in [4.78, 5) is 15.2. The van der Waals surface area contributed by atoms with Crippen LogP contribution in [0.15, 0.2) is 66.9 Å². The zero-order valence-electron chi connectivity index (χ0n) is 15.7. The second kappa shape index (κ2) is 7.67. The van der Waals surface area contributed by atoms with Gasteiger partial charge in [-0.05, 0) is 48.0 Å². The maximum atomic E-state index is 13.8. The van der Waals surface area contributed by atoms with Gasteiger partial charge in [-0.3, -0.25) is 0 Å². The number of nitrogens with one attached hydrogen (secondary N) is 3. The van der Waals surface area contributed by atoms with Gasteiger partial charge in [0.15, 0.2) is 0 Å². The van der Waals surface area contributed by atoms with Crippen LogP contribution in [0.5, 0.6) is 5.75 Å². The molecule has 0 spiro atoms. The molecule has 4 rings (SSSR count). The van der Waals surface area contributed by atoms with Gasteiger partial charge in [0, 0.05) is 34.4 Å². The van der Waals surface area contributed by atoms with Crippen molar-refractivity contribution in [3.8, 4) is 16.9 Å². The van der Waals surface area contributed by atoms with Crippen LogP contribution in [0.1, 0.15) is 5.56 Å². The van der Waals surface area contributed by atoms with Crippen molar-refractivity contribution < 1.29 is 27.5 Å². The molecule has 0 aliphatic heterocycles. The first-order valence-corrected chi connectivity index (χ1v) is 9.06. The lowest BCUT2D eigenvalue weighted by Gasteiger charge is -2.12. The maximum absolute atomic E-state index is 13.8. The minimum absolute atomic E-state index is 0.142. The SMILES string of the molecule is O=C(Nc1ccc(-c2c[nH]c3cc(O)ccc23)cc1)Nc1cc(C(F)(F)F)ccc1F. The summed E-state index contributed by atoms with van der Waals surface area (Å²) in [5.74, 6) is -0.840. The van der Waals surface area contributed by atoms with E-state index >= 15 is 0 Å². The first-order chi connectivity index (χ1) is 14.7. The molecule has 158 valence electrons. The Hall–Kier alpha value is -4.01. The molecule has 0 bridgehead atoms. The summed E-state index contributed by atoms with van der Waals surface area (Å²) >= 11 is 0. The molecule has 0 aliphatic rings. The van der Waals surface area contributed by atoms with Crippen molar-refractivity contribution in [1.29, 1.82) is 0 Å². The largest absolute Gasteiger partial charge is 0.508 e. The Morgan fingerprint density at radius 3 is 2.39 bits per heavy atom. The number of hydrogen-bond donors (Lipinski definition) is 4. The Labute approximate surface area is 173 Å². The van der Waals surface area contributed by atoms with Gasteiger partial charge in [-0.2, -0.15) is 13.2 Å². The number of phenolic OH excluding ortho intramolecular Hbond substituents is 1. The van der Waals surface area contributed by atoms with Crippen molar-refractivity contribution in [2.75, 3.05) is 10.6 Å². The lowest BCUT2D eigenvalue weighted by Crippen LogP contribution is -2.20. The number of fused-ring (bicyclic) bond motifs is 1. The van der Waals surface area contributed by atoms with Crippen molar-refractivity contribution in [1.82, 2.24) is 4.98 Å². The number of alkyl halides is 3. The first kappa shape index (κ1) is 20.3. The fourth-order valence-corrected chi connectivity index (χ4v) is 3.17. The summed E-state index contributed by atoms with van der Waals surface area (Å²) in [7, 11) is 0. The standard InChI is InChI=1S/C22H15F4N3O2/c23-18-8-3-13(22(24,25)26)9-20(18)29-21(31)28-14-4-1-12(2-5-14)17-11-27-19-10-15(30)6-7-16(17)19/h1-11,27,30H,(H2,28,29,31). The Balaban J connectivity index is 1.49. The van der Waals surface area contributed by atoms with E-state index in [-0.39, 0.29) is 5.75 Å². The molecular weight excluding hydrogens is 414 g/mol. The number of hydrogen-bond acceptors (Lipinski definition) is 2. The van der Waals surface area contributed by atoms with E-state index in [1.165, 1.54) is 0 Å². The van der Waals surface area contributed by atoms with Crippen molar-refractivity contribution in [2.45, 2.75) is 6.18 Å². The molecule has 0 atom stereocenters. The molecule has 2 amide bonds. The summed E-state index contributed by atoms with van der Waals surface area (Å²) < 4.78 is 52.2. The summed E-state index contributed by atoms with van der Waals surface area (Å²) in [6.07, 6.45) is -2.87. The molecule has 0 aliphatic carbocycles. The van der Waals surface area contributed by atoms with Gasteiger partial charge < -0.3 is 20.7 Å². The highest BCUT2D eigenvalue weighted by atomic mass is 19.4. The Kier molecular flexibility index (Phi) is 5.02. The molecule has 0 saturated carbocycles. The molecule has 3 aromatic carbocycles. The average Bonchev–Trinajstić information content (AvgIpc) is 3.12. The van der Waals surface area contributed by atoms with Gasteiger partial charge >= 0.3 is 12.2 Å². The molecule has 1 heterocycles. The fourth-order valence-electron chi connectivity index (χ4n) is 3.17. The number of anilines is 2. The number of aromatic nitrogens is 1. The average molecular weight is 429 g/mol.